The van der Waals surface area contributed by atoms with E-state index < -0.39 is 0 Å². The van der Waals surface area contributed by atoms with Crippen molar-refractivity contribution in [2.75, 3.05) is 0 Å². The minimum absolute atomic E-state index is 0.139. The van der Waals surface area contributed by atoms with E-state index >= 15 is 0 Å². The Hall–Kier alpha value is -1.15. The Balaban J connectivity index is 2.50. The molecule has 0 bridgehead atoms. The average molecular weight is 146 g/mol. The molecule has 0 saturated carbocycles. The molecule has 0 saturated heterocycles. The molecule has 1 aliphatic rings. The predicted octanol–water partition coefficient (Wildman–Crippen LogP) is 1.27. The van der Waals surface area contributed by atoms with Crippen LogP contribution in [0.1, 0.15) is 17.3 Å². The number of fused-ring (bicyclic) bond motifs is 1. The molecule has 1 aromatic carbocycles. The van der Waals surface area contributed by atoms with Crippen molar-refractivity contribution in [3.8, 4) is 0 Å². The summed E-state index contributed by atoms with van der Waals surface area (Å²) in [5.41, 5.74) is 8.21. The van der Waals surface area contributed by atoms with Crippen molar-refractivity contribution in [1.82, 2.24) is 0 Å². The van der Waals surface area contributed by atoms with Crippen LogP contribution in [0.25, 0.3) is 0 Å². The van der Waals surface area contributed by atoms with E-state index in [2.05, 4.69) is 11.1 Å². The molecule has 1 unspecified atom stereocenters. The second-order valence-corrected chi connectivity index (χ2v) is 2.68. The zero-order valence-electron chi connectivity index (χ0n) is 6.20. The Kier molecular flexibility index (Phi) is 1.47. The summed E-state index contributed by atoms with van der Waals surface area (Å²) in [5, 5.41) is 0. The summed E-state index contributed by atoms with van der Waals surface area (Å²) < 4.78 is 0. The van der Waals surface area contributed by atoms with E-state index in [1.54, 1.807) is 0 Å². The highest BCUT2D eigenvalue weighted by atomic mass is 14.9. The Bertz CT molecular complexity index is 291. The van der Waals surface area contributed by atoms with Crippen molar-refractivity contribution in [3.05, 3.63) is 35.4 Å². The van der Waals surface area contributed by atoms with Gasteiger partial charge in [0.15, 0.2) is 0 Å². The number of benzene rings is 1. The van der Waals surface area contributed by atoms with Crippen molar-refractivity contribution in [2.24, 2.45) is 10.7 Å². The van der Waals surface area contributed by atoms with Crippen LogP contribution in [0.15, 0.2) is 29.3 Å². The molecule has 2 nitrogen and oxygen atoms in total. The molecular weight excluding hydrogens is 136 g/mol. The smallest absolute Gasteiger partial charge is 0.122 e. The summed E-state index contributed by atoms with van der Waals surface area (Å²) in [4.78, 5) is 4.12. The van der Waals surface area contributed by atoms with E-state index in [0.717, 1.165) is 12.0 Å². The third-order valence-corrected chi connectivity index (χ3v) is 1.95. The fourth-order valence-electron chi connectivity index (χ4n) is 1.35. The lowest BCUT2D eigenvalue weighted by molar-refractivity contribution is 0.755. The molecule has 1 aliphatic heterocycles. The van der Waals surface area contributed by atoms with Gasteiger partial charge in [-0.05, 0) is 11.1 Å². The second-order valence-electron chi connectivity index (χ2n) is 2.68. The highest BCUT2D eigenvalue weighted by Crippen LogP contribution is 2.20. The molecule has 1 atom stereocenters. The maximum Gasteiger partial charge on any atom is 0.122 e. The molecule has 11 heavy (non-hydrogen) atoms. The molecular formula is C9H10N2. The summed E-state index contributed by atoms with van der Waals surface area (Å²) in [5.74, 6) is 0. The van der Waals surface area contributed by atoms with Crippen LogP contribution in [-0.2, 0) is 6.42 Å². The monoisotopic (exact) mass is 146 g/mol. The van der Waals surface area contributed by atoms with Gasteiger partial charge in [-0.2, -0.15) is 0 Å². The summed E-state index contributed by atoms with van der Waals surface area (Å²) in [6.07, 6.45) is 2.66. The number of hydrogen-bond acceptors (Lipinski definition) is 2. The maximum absolute atomic E-state index is 5.75. The van der Waals surface area contributed by atoms with Gasteiger partial charge in [0.2, 0.25) is 0 Å². The lowest BCUT2D eigenvalue weighted by Gasteiger charge is -2.15. The van der Waals surface area contributed by atoms with Gasteiger partial charge in [0.25, 0.3) is 0 Å². The van der Waals surface area contributed by atoms with Crippen LogP contribution in [0.4, 0.5) is 0 Å². The molecule has 1 aromatic rings. The van der Waals surface area contributed by atoms with E-state index in [1.807, 2.05) is 24.4 Å². The molecule has 0 aliphatic carbocycles. The van der Waals surface area contributed by atoms with Gasteiger partial charge in [-0.15, -0.1) is 0 Å². The van der Waals surface area contributed by atoms with Gasteiger partial charge in [0, 0.05) is 12.6 Å². The summed E-state index contributed by atoms with van der Waals surface area (Å²) in [6.45, 7) is 0. The van der Waals surface area contributed by atoms with Crippen molar-refractivity contribution in [3.63, 3.8) is 0 Å². The fraction of sp³-hybridized carbons (Fsp3) is 0.222. The van der Waals surface area contributed by atoms with Crippen molar-refractivity contribution in [2.45, 2.75) is 12.6 Å². The second kappa shape index (κ2) is 2.47. The molecule has 2 N–H and O–H groups in total. The van der Waals surface area contributed by atoms with E-state index in [1.165, 1.54) is 5.56 Å². The van der Waals surface area contributed by atoms with Gasteiger partial charge in [-0.25, -0.2) is 0 Å². The Morgan fingerprint density at radius 3 is 3.00 bits per heavy atom. The first-order chi connectivity index (χ1) is 5.38. The van der Waals surface area contributed by atoms with Gasteiger partial charge < -0.3 is 5.73 Å². The number of hydrogen-bond donors (Lipinski definition) is 1. The van der Waals surface area contributed by atoms with Gasteiger partial charge in [0.05, 0.1) is 0 Å². The number of nitrogens with two attached hydrogens (primary N) is 1. The van der Waals surface area contributed by atoms with Crippen LogP contribution in [0.5, 0.6) is 0 Å². The van der Waals surface area contributed by atoms with Crippen LogP contribution in [-0.4, -0.2) is 6.21 Å². The van der Waals surface area contributed by atoms with Crippen LogP contribution < -0.4 is 5.73 Å². The van der Waals surface area contributed by atoms with E-state index in [-0.39, 0.29) is 6.17 Å². The highest BCUT2D eigenvalue weighted by Gasteiger charge is 2.10. The lowest BCUT2D eigenvalue weighted by Crippen LogP contribution is -2.14. The predicted molar refractivity (Wildman–Crippen MR) is 45.6 cm³/mol. The molecule has 0 fully saturated rings. The lowest BCUT2D eigenvalue weighted by atomic mass is 10.0. The van der Waals surface area contributed by atoms with Crippen molar-refractivity contribution < 1.29 is 0 Å². The number of rotatable bonds is 0. The van der Waals surface area contributed by atoms with E-state index in [9.17, 15) is 0 Å². The quantitative estimate of drug-likeness (QED) is 0.588. The zero-order chi connectivity index (χ0) is 7.68. The van der Waals surface area contributed by atoms with Crippen LogP contribution in [0.2, 0.25) is 0 Å². The maximum atomic E-state index is 5.75. The first kappa shape index (κ1) is 6.55. The average Bonchev–Trinajstić information content (AvgIpc) is 2.06. The third kappa shape index (κ3) is 1.05. The SMILES string of the molecule is NC1N=CCc2ccccc21. The van der Waals surface area contributed by atoms with Crippen LogP contribution in [0.3, 0.4) is 0 Å². The summed E-state index contributed by atoms with van der Waals surface area (Å²) in [6, 6.07) is 8.17. The van der Waals surface area contributed by atoms with Gasteiger partial charge >= 0.3 is 0 Å². The van der Waals surface area contributed by atoms with E-state index in [0.29, 0.717) is 0 Å². The number of aliphatic imine (C=N–C) groups is 1. The Morgan fingerprint density at radius 2 is 2.18 bits per heavy atom. The van der Waals surface area contributed by atoms with E-state index in [4.69, 9.17) is 5.73 Å². The first-order valence-corrected chi connectivity index (χ1v) is 3.73. The molecule has 2 heteroatoms. The van der Waals surface area contributed by atoms with Gasteiger partial charge in [0.1, 0.15) is 6.17 Å². The van der Waals surface area contributed by atoms with Crippen molar-refractivity contribution >= 4 is 6.21 Å². The zero-order valence-corrected chi connectivity index (χ0v) is 6.20. The van der Waals surface area contributed by atoms with Crippen LogP contribution >= 0.6 is 0 Å². The Labute approximate surface area is 65.8 Å². The fourth-order valence-corrected chi connectivity index (χ4v) is 1.35. The standard InChI is InChI=1S/C9H10N2/c10-9-8-4-2-1-3-7(8)5-6-11-9/h1-4,6,9H,5,10H2. The molecule has 0 radical (unpaired) electrons. The molecule has 1 heterocycles. The summed E-state index contributed by atoms with van der Waals surface area (Å²) >= 11 is 0. The van der Waals surface area contributed by atoms with Gasteiger partial charge in [-0.3, -0.25) is 4.99 Å². The Morgan fingerprint density at radius 1 is 1.36 bits per heavy atom. The van der Waals surface area contributed by atoms with Gasteiger partial charge in [-0.1, -0.05) is 24.3 Å². The normalized spacial score (nSPS) is 21.4. The highest BCUT2D eigenvalue weighted by molar-refractivity contribution is 5.65. The number of nitrogens with zero attached hydrogens (tertiary/aromatic N) is 1. The minimum atomic E-state index is -0.139. The molecule has 0 spiro atoms. The largest absolute Gasteiger partial charge is 0.306 e. The molecule has 2 rings (SSSR count). The summed E-state index contributed by atoms with van der Waals surface area (Å²) in [7, 11) is 0. The molecule has 56 valence electrons. The van der Waals surface area contributed by atoms with Crippen LogP contribution in [0, 0.1) is 0 Å². The third-order valence-electron chi connectivity index (χ3n) is 1.95. The topological polar surface area (TPSA) is 38.4 Å². The molecule has 0 aromatic heterocycles. The first-order valence-electron chi connectivity index (χ1n) is 3.73. The van der Waals surface area contributed by atoms with Crippen molar-refractivity contribution in [1.29, 1.82) is 0 Å². The molecule has 0 amide bonds. The minimum Gasteiger partial charge on any atom is -0.306 e.